The number of hydrogen-bond donors (Lipinski definition) is 2. The molecule has 6 nitrogen and oxygen atoms in total. The van der Waals surface area contributed by atoms with Gasteiger partial charge in [0.2, 0.25) is 0 Å². The first-order chi connectivity index (χ1) is 10.2. The normalized spacial score (nSPS) is 19.0. The average Bonchev–Trinajstić information content (AvgIpc) is 3.09. The number of aliphatic imine (C=N–C) groups is 1. The molecule has 1 unspecified atom stereocenters. The molecule has 0 amide bonds. The molecule has 0 saturated carbocycles. The number of halogens is 1. The lowest BCUT2D eigenvalue weighted by Gasteiger charge is -2.17. The SMILES string of the molecule is CCCN1CCC(CNC(=NC)NCc2ccnn2C)C1.I. The summed E-state index contributed by atoms with van der Waals surface area (Å²) >= 11 is 0. The predicted molar refractivity (Wildman–Crippen MR) is 102 cm³/mol. The molecule has 126 valence electrons. The van der Waals surface area contributed by atoms with Gasteiger partial charge in [-0.05, 0) is 37.9 Å². The van der Waals surface area contributed by atoms with E-state index >= 15 is 0 Å². The zero-order valence-corrected chi connectivity index (χ0v) is 16.2. The topological polar surface area (TPSA) is 57.5 Å². The molecule has 0 aromatic carbocycles. The van der Waals surface area contributed by atoms with Crippen molar-refractivity contribution in [2.75, 3.05) is 33.2 Å². The van der Waals surface area contributed by atoms with Crippen LogP contribution in [0.3, 0.4) is 0 Å². The molecule has 1 aliphatic heterocycles. The third-order valence-electron chi connectivity index (χ3n) is 4.05. The van der Waals surface area contributed by atoms with Gasteiger partial charge in [0, 0.05) is 33.4 Å². The number of hydrogen-bond acceptors (Lipinski definition) is 3. The molecular formula is C15H29IN6. The molecule has 0 bridgehead atoms. The Kier molecular flexibility index (Phi) is 8.77. The zero-order valence-electron chi connectivity index (χ0n) is 13.9. The smallest absolute Gasteiger partial charge is 0.191 e. The number of guanidine groups is 1. The molecule has 2 rings (SSSR count). The van der Waals surface area contributed by atoms with Crippen molar-refractivity contribution >= 4 is 29.9 Å². The Morgan fingerprint density at radius 2 is 2.27 bits per heavy atom. The highest BCUT2D eigenvalue weighted by Crippen LogP contribution is 2.15. The Bertz CT molecular complexity index is 459. The van der Waals surface area contributed by atoms with Crippen molar-refractivity contribution in [1.82, 2.24) is 25.3 Å². The molecule has 0 aliphatic carbocycles. The summed E-state index contributed by atoms with van der Waals surface area (Å²) in [7, 11) is 3.77. The van der Waals surface area contributed by atoms with Crippen molar-refractivity contribution in [2.24, 2.45) is 18.0 Å². The summed E-state index contributed by atoms with van der Waals surface area (Å²) in [6, 6.07) is 2.01. The third-order valence-corrected chi connectivity index (χ3v) is 4.05. The van der Waals surface area contributed by atoms with Gasteiger partial charge in [0.25, 0.3) is 0 Å². The zero-order chi connectivity index (χ0) is 15.1. The van der Waals surface area contributed by atoms with Gasteiger partial charge in [0.1, 0.15) is 0 Å². The highest BCUT2D eigenvalue weighted by molar-refractivity contribution is 14.0. The van der Waals surface area contributed by atoms with Gasteiger partial charge in [-0.15, -0.1) is 24.0 Å². The van der Waals surface area contributed by atoms with Crippen LogP contribution in [-0.4, -0.2) is 53.9 Å². The Hall–Kier alpha value is -0.830. The molecule has 22 heavy (non-hydrogen) atoms. The standard InChI is InChI=1S/C15H28N6.HI/c1-4-8-21-9-6-13(12-21)10-17-15(16-2)18-11-14-5-7-19-20(14)3;/h5,7,13H,4,6,8-12H2,1-3H3,(H2,16,17,18);1H. The second kappa shape index (κ2) is 10.0. The van der Waals surface area contributed by atoms with E-state index in [9.17, 15) is 0 Å². The van der Waals surface area contributed by atoms with Gasteiger partial charge in [-0.3, -0.25) is 9.67 Å². The van der Waals surface area contributed by atoms with E-state index in [0.717, 1.165) is 30.7 Å². The van der Waals surface area contributed by atoms with Crippen molar-refractivity contribution < 1.29 is 0 Å². The number of aromatic nitrogens is 2. The van der Waals surface area contributed by atoms with Crippen LogP contribution in [0, 0.1) is 5.92 Å². The van der Waals surface area contributed by atoms with Crippen LogP contribution < -0.4 is 10.6 Å². The summed E-state index contributed by atoms with van der Waals surface area (Å²) in [5, 5.41) is 10.9. The van der Waals surface area contributed by atoms with Crippen LogP contribution in [0.4, 0.5) is 0 Å². The van der Waals surface area contributed by atoms with Crippen molar-refractivity contribution in [1.29, 1.82) is 0 Å². The maximum Gasteiger partial charge on any atom is 0.191 e. The highest BCUT2D eigenvalue weighted by Gasteiger charge is 2.21. The van der Waals surface area contributed by atoms with Gasteiger partial charge >= 0.3 is 0 Å². The number of rotatable bonds is 6. The summed E-state index contributed by atoms with van der Waals surface area (Å²) in [6.45, 7) is 7.65. The largest absolute Gasteiger partial charge is 0.356 e. The monoisotopic (exact) mass is 420 g/mol. The van der Waals surface area contributed by atoms with E-state index in [4.69, 9.17) is 0 Å². The van der Waals surface area contributed by atoms with Crippen molar-refractivity contribution in [3.8, 4) is 0 Å². The summed E-state index contributed by atoms with van der Waals surface area (Å²) in [6.07, 6.45) is 4.34. The lowest BCUT2D eigenvalue weighted by atomic mass is 10.1. The molecule has 2 heterocycles. The fourth-order valence-corrected chi connectivity index (χ4v) is 2.81. The number of aryl methyl sites for hydroxylation is 1. The predicted octanol–water partition coefficient (Wildman–Crippen LogP) is 1.43. The highest BCUT2D eigenvalue weighted by atomic mass is 127. The first-order valence-electron chi connectivity index (χ1n) is 7.86. The molecule has 1 saturated heterocycles. The van der Waals surface area contributed by atoms with E-state index in [1.165, 1.54) is 32.5 Å². The molecule has 0 spiro atoms. The minimum absolute atomic E-state index is 0. The van der Waals surface area contributed by atoms with E-state index < -0.39 is 0 Å². The van der Waals surface area contributed by atoms with E-state index in [2.05, 4.69) is 32.5 Å². The molecular weight excluding hydrogens is 391 g/mol. The third kappa shape index (κ3) is 5.75. The van der Waals surface area contributed by atoms with Gasteiger partial charge in [0.05, 0.1) is 12.2 Å². The van der Waals surface area contributed by atoms with E-state index in [-0.39, 0.29) is 24.0 Å². The number of nitrogens with one attached hydrogen (secondary N) is 2. The molecule has 1 fully saturated rings. The van der Waals surface area contributed by atoms with Crippen LogP contribution in [0.1, 0.15) is 25.5 Å². The van der Waals surface area contributed by atoms with Crippen molar-refractivity contribution in [2.45, 2.75) is 26.3 Å². The van der Waals surface area contributed by atoms with E-state index in [0.29, 0.717) is 0 Å². The van der Waals surface area contributed by atoms with E-state index in [1.54, 1.807) is 0 Å². The Balaban J connectivity index is 0.00000242. The lowest BCUT2D eigenvalue weighted by Crippen LogP contribution is -2.40. The molecule has 1 aromatic heterocycles. The van der Waals surface area contributed by atoms with Gasteiger partial charge < -0.3 is 15.5 Å². The summed E-state index contributed by atoms with van der Waals surface area (Å²) in [5.74, 6) is 1.59. The second-order valence-corrected chi connectivity index (χ2v) is 5.71. The number of likely N-dealkylation sites (tertiary alicyclic amines) is 1. The van der Waals surface area contributed by atoms with Crippen molar-refractivity contribution in [3.05, 3.63) is 18.0 Å². The average molecular weight is 420 g/mol. The minimum atomic E-state index is 0. The van der Waals surface area contributed by atoms with Crippen LogP contribution in [-0.2, 0) is 13.6 Å². The quantitative estimate of drug-likeness (QED) is 0.416. The van der Waals surface area contributed by atoms with Crippen LogP contribution in [0.2, 0.25) is 0 Å². The maximum absolute atomic E-state index is 4.28. The first-order valence-corrected chi connectivity index (χ1v) is 7.86. The Labute approximate surface area is 150 Å². The van der Waals surface area contributed by atoms with Crippen LogP contribution in [0.25, 0.3) is 0 Å². The summed E-state index contributed by atoms with van der Waals surface area (Å²) in [4.78, 5) is 6.84. The number of nitrogens with zero attached hydrogens (tertiary/aromatic N) is 4. The van der Waals surface area contributed by atoms with E-state index in [1.807, 2.05) is 31.0 Å². The molecule has 1 aromatic rings. The molecule has 2 N–H and O–H groups in total. The first kappa shape index (κ1) is 19.2. The van der Waals surface area contributed by atoms with Crippen molar-refractivity contribution in [3.63, 3.8) is 0 Å². The fourth-order valence-electron chi connectivity index (χ4n) is 2.81. The van der Waals surface area contributed by atoms with Crippen LogP contribution in [0.5, 0.6) is 0 Å². The molecule has 7 heteroatoms. The summed E-state index contributed by atoms with van der Waals surface area (Å²) < 4.78 is 1.87. The van der Waals surface area contributed by atoms with Gasteiger partial charge in [-0.1, -0.05) is 6.92 Å². The van der Waals surface area contributed by atoms with Crippen LogP contribution >= 0.6 is 24.0 Å². The Morgan fingerprint density at radius 3 is 2.91 bits per heavy atom. The maximum atomic E-state index is 4.28. The Morgan fingerprint density at radius 1 is 1.45 bits per heavy atom. The fraction of sp³-hybridized carbons (Fsp3) is 0.733. The van der Waals surface area contributed by atoms with Gasteiger partial charge in [-0.2, -0.15) is 5.10 Å². The van der Waals surface area contributed by atoms with Gasteiger partial charge in [-0.25, -0.2) is 0 Å². The molecule has 1 aliphatic rings. The molecule has 0 radical (unpaired) electrons. The second-order valence-electron chi connectivity index (χ2n) is 5.71. The summed E-state index contributed by atoms with van der Waals surface area (Å²) in [5.41, 5.74) is 1.15. The van der Waals surface area contributed by atoms with Crippen LogP contribution in [0.15, 0.2) is 17.3 Å². The lowest BCUT2D eigenvalue weighted by molar-refractivity contribution is 0.324. The molecule has 1 atom stereocenters. The van der Waals surface area contributed by atoms with Gasteiger partial charge in [0.15, 0.2) is 5.96 Å². The minimum Gasteiger partial charge on any atom is -0.356 e.